The van der Waals surface area contributed by atoms with Crippen molar-refractivity contribution in [2.45, 2.75) is 72.8 Å². The highest BCUT2D eigenvalue weighted by atomic mass is 127. The Balaban J connectivity index is 1.67. The Morgan fingerprint density at radius 2 is 1.56 bits per heavy atom. The van der Waals surface area contributed by atoms with Crippen LogP contribution >= 0.6 is 22.6 Å². The van der Waals surface area contributed by atoms with Crippen molar-refractivity contribution in [3.05, 3.63) is 79.5 Å². The van der Waals surface area contributed by atoms with Crippen molar-refractivity contribution in [3.63, 3.8) is 0 Å². The summed E-state index contributed by atoms with van der Waals surface area (Å²) in [5.41, 5.74) is 4.61. The van der Waals surface area contributed by atoms with Gasteiger partial charge < -0.3 is 19.1 Å². The summed E-state index contributed by atoms with van der Waals surface area (Å²) in [5, 5.41) is 0. The summed E-state index contributed by atoms with van der Waals surface area (Å²) in [7, 11) is 1.68. The van der Waals surface area contributed by atoms with Gasteiger partial charge in [-0.15, -0.1) is 0 Å². The van der Waals surface area contributed by atoms with Gasteiger partial charge in [-0.1, -0.05) is 39.8 Å². The fourth-order valence-corrected chi connectivity index (χ4v) is 7.55. The molecule has 43 heavy (non-hydrogen) atoms. The third-order valence-electron chi connectivity index (χ3n) is 8.48. The number of halogens is 2. The smallest absolute Gasteiger partial charge is 0.174 e. The number of benzene rings is 2. The van der Waals surface area contributed by atoms with E-state index in [1.165, 1.54) is 12.1 Å². The number of Topliss-reactive ketones (excluding diaryl/α,β-unsaturated/α-hetero) is 2. The Kier molecular flexibility index (Phi) is 9.10. The van der Waals surface area contributed by atoms with E-state index in [0.29, 0.717) is 60.8 Å². The lowest BCUT2D eigenvalue weighted by Gasteiger charge is -2.49. The summed E-state index contributed by atoms with van der Waals surface area (Å²) in [6, 6.07) is 10.3. The minimum Gasteiger partial charge on any atom is -0.490 e. The molecule has 0 spiro atoms. The van der Waals surface area contributed by atoms with Crippen LogP contribution in [-0.4, -0.2) is 43.3 Å². The zero-order valence-electron chi connectivity index (χ0n) is 25.9. The van der Waals surface area contributed by atoms with Gasteiger partial charge in [0.2, 0.25) is 0 Å². The van der Waals surface area contributed by atoms with Gasteiger partial charge in [0.05, 0.1) is 16.8 Å². The number of nitrogens with zero attached hydrogens (tertiary/aromatic N) is 1. The second kappa shape index (κ2) is 12.3. The molecule has 0 atom stereocenters. The van der Waals surface area contributed by atoms with E-state index in [0.717, 1.165) is 33.4 Å². The fraction of sp³-hybridized carbons (Fsp3) is 0.486. The predicted molar refractivity (Wildman–Crippen MR) is 172 cm³/mol. The molecule has 1 aliphatic heterocycles. The van der Waals surface area contributed by atoms with Gasteiger partial charge in [-0.2, -0.15) is 0 Å². The number of rotatable bonds is 9. The molecule has 0 amide bonds. The van der Waals surface area contributed by atoms with Crippen molar-refractivity contribution in [3.8, 4) is 11.5 Å². The molecule has 6 nitrogen and oxygen atoms in total. The Morgan fingerprint density at radius 3 is 2.12 bits per heavy atom. The predicted octanol–water partition coefficient (Wildman–Crippen LogP) is 7.74. The van der Waals surface area contributed by atoms with Crippen molar-refractivity contribution in [2.75, 3.05) is 26.9 Å². The molecule has 0 aromatic heterocycles. The van der Waals surface area contributed by atoms with E-state index < -0.39 is 5.92 Å². The summed E-state index contributed by atoms with van der Waals surface area (Å²) < 4.78 is 32.4. The fourth-order valence-electron chi connectivity index (χ4n) is 6.77. The molecule has 0 radical (unpaired) electrons. The van der Waals surface area contributed by atoms with Gasteiger partial charge in [0.15, 0.2) is 23.1 Å². The van der Waals surface area contributed by atoms with E-state index in [-0.39, 0.29) is 34.8 Å². The second-order valence-corrected chi connectivity index (χ2v) is 14.5. The average molecular weight is 702 g/mol. The van der Waals surface area contributed by atoms with Gasteiger partial charge in [0.1, 0.15) is 12.4 Å². The first-order chi connectivity index (χ1) is 20.3. The lowest BCUT2D eigenvalue weighted by atomic mass is 9.63. The lowest BCUT2D eigenvalue weighted by Crippen LogP contribution is -2.45. The minimum atomic E-state index is -0.485. The zero-order valence-corrected chi connectivity index (χ0v) is 28.1. The van der Waals surface area contributed by atoms with Crippen LogP contribution in [0.1, 0.15) is 77.3 Å². The van der Waals surface area contributed by atoms with E-state index in [1.54, 1.807) is 13.2 Å². The maximum Gasteiger partial charge on any atom is 0.174 e. The molecular weight excluding hydrogens is 660 g/mol. The number of hydrogen-bond donors (Lipinski definition) is 0. The van der Waals surface area contributed by atoms with Crippen LogP contribution in [0.15, 0.2) is 58.9 Å². The molecule has 3 aliphatic rings. The maximum absolute atomic E-state index is 14.1. The topological polar surface area (TPSA) is 65.1 Å². The highest BCUT2D eigenvalue weighted by Gasteiger charge is 2.49. The highest BCUT2D eigenvalue weighted by molar-refractivity contribution is 14.1. The molecule has 0 saturated carbocycles. The van der Waals surface area contributed by atoms with Crippen molar-refractivity contribution in [1.29, 1.82) is 0 Å². The minimum absolute atomic E-state index is 0.0854. The van der Waals surface area contributed by atoms with Crippen molar-refractivity contribution in [1.82, 2.24) is 4.90 Å². The third kappa shape index (κ3) is 6.55. The van der Waals surface area contributed by atoms with Gasteiger partial charge in [-0.05, 0) is 88.6 Å². The molecule has 230 valence electrons. The molecule has 0 N–H and O–H groups in total. The van der Waals surface area contributed by atoms with Crippen LogP contribution in [0.4, 0.5) is 4.39 Å². The molecule has 2 aromatic rings. The SMILES string of the molecule is CCOc1cc(C2C3=C(CC(C)(C)CC3=O)N(CCOC)C3=C2C(=O)CC(C)(C)C3)cc(I)c1OCc1cccc(F)c1. The largest absolute Gasteiger partial charge is 0.490 e. The molecular formula is C35H41FINO5. The van der Waals surface area contributed by atoms with Crippen LogP contribution in [-0.2, 0) is 20.9 Å². The molecule has 1 heterocycles. The van der Waals surface area contributed by atoms with Crippen LogP contribution < -0.4 is 9.47 Å². The van der Waals surface area contributed by atoms with Gasteiger partial charge in [-0.25, -0.2) is 4.39 Å². The number of methoxy groups -OCH3 is 1. The van der Waals surface area contributed by atoms with E-state index in [1.807, 2.05) is 25.1 Å². The first kappa shape index (κ1) is 31.7. The van der Waals surface area contributed by atoms with Crippen LogP contribution in [0, 0.1) is 20.2 Å². The quantitative estimate of drug-likeness (QED) is 0.250. The Bertz CT molecular complexity index is 1450. The van der Waals surface area contributed by atoms with E-state index in [4.69, 9.17) is 14.2 Å². The van der Waals surface area contributed by atoms with Gasteiger partial charge >= 0.3 is 0 Å². The van der Waals surface area contributed by atoms with Crippen LogP contribution in [0.2, 0.25) is 0 Å². The molecule has 0 bridgehead atoms. The van der Waals surface area contributed by atoms with Crippen molar-refractivity contribution < 1.29 is 28.2 Å². The second-order valence-electron chi connectivity index (χ2n) is 13.4. The van der Waals surface area contributed by atoms with Gasteiger partial charge in [-0.3, -0.25) is 9.59 Å². The Morgan fingerprint density at radius 1 is 0.930 bits per heavy atom. The summed E-state index contributed by atoms with van der Waals surface area (Å²) >= 11 is 2.23. The Hall–Kier alpha value is -2.72. The molecule has 8 heteroatoms. The van der Waals surface area contributed by atoms with E-state index >= 15 is 0 Å². The molecule has 2 aliphatic carbocycles. The van der Waals surface area contributed by atoms with Gasteiger partial charge in [0, 0.05) is 55.0 Å². The first-order valence-electron chi connectivity index (χ1n) is 15.0. The molecule has 0 saturated heterocycles. The van der Waals surface area contributed by atoms with Crippen molar-refractivity contribution in [2.24, 2.45) is 10.8 Å². The molecule has 0 fully saturated rings. The normalized spacial score (nSPS) is 19.9. The van der Waals surface area contributed by atoms with Gasteiger partial charge in [0.25, 0.3) is 0 Å². The zero-order chi connectivity index (χ0) is 31.1. The van der Waals surface area contributed by atoms with Crippen LogP contribution in [0.3, 0.4) is 0 Å². The third-order valence-corrected chi connectivity index (χ3v) is 9.28. The molecule has 5 rings (SSSR count). The highest BCUT2D eigenvalue weighted by Crippen LogP contribution is 2.55. The number of ether oxygens (including phenoxy) is 3. The number of ketones is 2. The first-order valence-corrected chi connectivity index (χ1v) is 16.0. The molecule has 2 aromatic carbocycles. The number of carbonyl (C=O) groups is 2. The van der Waals surface area contributed by atoms with Crippen LogP contribution in [0.25, 0.3) is 0 Å². The molecule has 0 unspecified atom stereocenters. The average Bonchev–Trinajstić information content (AvgIpc) is 2.90. The monoisotopic (exact) mass is 701 g/mol. The number of hydrogen-bond acceptors (Lipinski definition) is 6. The summed E-state index contributed by atoms with van der Waals surface area (Å²) in [4.78, 5) is 30.4. The van der Waals surface area contributed by atoms with Crippen molar-refractivity contribution >= 4 is 34.2 Å². The lowest BCUT2D eigenvalue weighted by molar-refractivity contribution is -0.119. The number of carbonyl (C=O) groups excluding carboxylic acids is 2. The summed E-state index contributed by atoms with van der Waals surface area (Å²) in [5.74, 6) is 0.468. The summed E-state index contributed by atoms with van der Waals surface area (Å²) in [6.07, 6.45) is 2.33. The standard InChI is InChI=1S/C35H41FINO5/c1-7-42-29-15-22(14-24(37)33(29)43-20-21-9-8-10-23(36)13-21)30-31-25(16-34(2,3)18-27(31)39)38(11-12-41-6)26-17-35(4,5)19-28(40)32(26)30/h8-10,13-15,30H,7,11-12,16-20H2,1-6H3. The van der Waals surface area contributed by atoms with E-state index in [9.17, 15) is 14.0 Å². The van der Waals surface area contributed by atoms with Crippen LogP contribution in [0.5, 0.6) is 11.5 Å². The Labute approximate surface area is 267 Å². The van der Waals surface area contributed by atoms with E-state index in [2.05, 4.69) is 55.2 Å². The maximum atomic E-state index is 14.1. The number of allylic oxidation sites excluding steroid dienone is 4. The summed E-state index contributed by atoms with van der Waals surface area (Å²) in [6.45, 7) is 12.1.